The highest BCUT2D eigenvalue weighted by Gasteiger charge is 2.23. The highest BCUT2D eigenvalue weighted by molar-refractivity contribution is 6.30. The largest absolute Gasteiger partial charge is 0.466 e. The van der Waals surface area contributed by atoms with Gasteiger partial charge in [0.1, 0.15) is 0 Å². The summed E-state index contributed by atoms with van der Waals surface area (Å²) in [6.45, 7) is 3.80. The summed E-state index contributed by atoms with van der Waals surface area (Å²) >= 11 is 6.08. The molecular formula is C24H25ClN2O5. The zero-order chi connectivity index (χ0) is 23.1. The summed E-state index contributed by atoms with van der Waals surface area (Å²) in [5.41, 5.74) is 2.51. The molecule has 32 heavy (non-hydrogen) atoms. The molecule has 2 aromatic carbocycles. The van der Waals surface area contributed by atoms with Crippen molar-refractivity contribution in [3.05, 3.63) is 81.3 Å². The van der Waals surface area contributed by atoms with E-state index in [1.807, 2.05) is 48.5 Å². The SMILES string of the molecule is CCOC(=O)C(C)CC(Cc1ccc(-c2cccc(Cl)c2)cc1)NC(=O)c1cc(=O)[nH]o1. The average Bonchev–Trinajstić information content (AvgIpc) is 3.21. The number of rotatable bonds is 9. The lowest BCUT2D eigenvalue weighted by Crippen LogP contribution is -2.38. The van der Waals surface area contributed by atoms with Crippen molar-refractivity contribution in [2.24, 2.45) is 5.92 Å². The number of amides is 1. The van der Waals surface area contributed by atoms with Crippen LogP contribution in [0.2, 0.25) is 5.02 Å². The highest BCUT2D eigenvalue weighted by atomic mass is 35.5. The van der Waals surface area contributed by atoms with Gasteiger partial charge in [0.2, 0.25) is 5.76 Å². The molecule has 0 bridgehead atoms. The van der Waals surface area contributed by atoms with Gasteiger partial charge < -0.3 is 14.6 Å². The fourth-order valence-electron chi connectivity index (χ4n) is 3.44. The van der Waals surface area contributed by atoms with Crippen molar-refractivity contribution < 1.29 is 18.8 Å². The van der Waals surface area contributed by atoms with Gasteiger partial charge in [-0.05, 0) is 48.6 Å². The molecule has 2 N–H and O–H groups in total. The minimum absolute atomic E-state index is 0.111. The van der Waals surface area contributed by atoms with E-state index in [0.29, 0.717) is 24.5 Å². The molecule has 1 heterocycles. The summed E-state index contributed by atoms with van der Waals surface area (Å²) < 4.78 is 9.99. The number of carbonyl (C=O) groups excluding carboxylic acids is 2. The molecule has 3 aromatic rings. The minimum atomic E-state index is -0.528. The number of hydrogen-bond acceptors (Lipinski definition) is 5. The number of benzene rings is 2. The van der Waals surface area contributed by atoms with Gasteiger partial charge in [-0.3, -0.25) is 14.4 Å². The lowest BCUT2D eigenvalue weighted by molar-refractivity contribution is -0.147. The van der Waals surface area contributed by atoms with Gasteiger partial charge in [0.25, 0.3) is 11.5 Å². The van der Waals surface area contributed by atoms with Crippen molar-refractivity contribution in [2.45, 2.75) is 32.7 Å². The van der Waals surface area contributed by atoms with E-state index in [0.717, 1.165) is 22.8 Å². The third-order valence-electron chi connectivity index (χ3n) is 5.00. The Morgan fingerprint density at radius 1 is 1.12 bits per heavy atom. The smallest absolute Gasteiger partial charge is 0.308 e. The van der Waals surface area contributed by atoms with E-state index < -0.39 is 17.4 Å². The van der Waals surface area contributed by atoms with Crippen LogP contribution < -0.4 is 10.9 Å². The van der Waals surface area contributed by atoms with Crippen LogP contribution in [0.15, 0.2) is 63.9 Å². The van der Waals surface area contributed by atoms with Crippen LogP contribution in [0.1, 0.15) is 36.4 Å². The van der Waals surface area contributed by atoms with E-state index in [9.17, 15) is 14.4 Å². The Hall–Kier alpha value is -3.32. The normalized spacial score (nSPS) is 12.7. The first-order valence-electron chi connectivity index (χ1n) is 10.4. The molecule has 0 aliphatic heterocycles. The fourth-order valence-corrected chi connectivity index (χ4v) is 3.63. The molecule has 0 aliphatic rings. The number of halogens is 1. The molecule has 168 valence electrons. The second kappa shape index (κ2) is 10.8. The van der Waals surface area contributed by atoms with Crippen molar-refractivity contribution in [1.82, 2.24) is 10.5 Å². The van der Waals surface area contributed by atoms with E-state index in [1.54, 1.807) is 13.8 Å². The molecule has 0 fully saturated rings. The van der Waals surface area contributed by atoms with E-state index in [-0.39, 0.29) is 17.8 Å². The quantitative estimate of drug-likeness (QED) is 0.469. The third-order valence-corrected chi connectivity index (χ3v) is 5.24. The van der Waals surface area contributed by atoms with Crippen LogP contribution >= 0.6 is 11.6 Å². The molecule has 0 radical (unpaired) electrons. The van der Waals surface area contributed by atoms with Crippen molar-refractivity contribution in [3.63, 3.8) is 0 Å². The van der Waals surface area contributed by atoms with Gasteiger partial charge in [-0.2, -0.15) is 5.16 Å². The first kappa shape index (κ1) is 23.3. The first-order valence-corrected chi connectivity index (χ1v) is 10.7. The number of carbonyl (C=O) groups is 2. The van der Waals surface area contributed by atoms with E-state index in [2.05, 4.69) is 10.5 Å². The summed E-state index contributed by atoms with van der Waals surface area (Å²) in [6, 6.07) is 16.2. The third kappa shape index (κ3) is 6.34. The predicted molar refractivity (Wildman–Crippen MR) is 122 cm³/mol. The van der Waals surface area contributed by atoms with Gasteiger partial charge in [-0.1, -0.05) is 54.9 Å². The average molecular weight is 457 g/mol. The molecule has 1 amide bonds. The van der Waals surface area contributed by atoms with E-state index >= 15 is 0 Å². The molecule has 1 aromatic heterocycles. The molecule has 8 heteroatoms. The van der Waals surface area contributed by atoms with Crippen molar-refractivity contribution in [1.29, 1.82) is 0 Å². The Morgan fingerprint density at radius 2 is 1.88 bits per heavy atom. The van der Waals surface area contributed by atoms with Gasteiger partial charge in [0, 0.05) is 11.1 Å². The van der Waals surface area contributed by atoms with E-state index in [1.165, 1.54) is 0 Å². The molecule has 2 unspecified atom stereocenters. The molecule has 0 spiro atoms. The van der Waals surface area contributed by atoms with Crippen LogP contribution in [0.4, 0.5) is 0 Å². The zero-order valence-corrected chi connectivity index (χ0v) is 18.6. The molecule has 2 atom stereocenters. The highest BCUT2D eigenvalue weighted by Crippen LogP contribution is 2.24. The number of ether oxygens (including phenoxy) is 1. The maximum absolute atomic E-state index is 12.5. The minimum Gasteiger partial charge on any atom is -0.466 e. The van der Waals surface area contributed by atoms with Gasteiger partial charge in [-0.25, -0.2) is 0 Å². The maximum Gasteiger partial charge on any atom is 0.308 e. The van der Waals surface area contributed by atoms with Crippen molar-refractivity contribution >= 4 is 23.5 Å². The Balaban J connectivity index is 1.75. The Labute approximate surface area is 190 Å². The second-order valence-corrected chi connectivity index (χ2v) is 7.98. The molecule has 0 saturated carbocycles. The standard InChI is InChI=1S/C24H25ClN2O5/c1-3-31-24(30)15(2)11-20(26-23(29)21-14-22(28)27-32-21)12-16-7-9-17(10-8-16)18-5-4-6-19(25)13-18/h4-10,13-15,20H,3,11-12H2,1-2H3,(H,26,29)(H,27,28). The number of H-pyrrole nitrogens is 1. The Bertz CT molecular complexity index is 1120. The van der Waals surface area contributed by atoms with Crippen LogP contribution in [0.5, 0.6) is 0 Å². The van der Waals surface area contributed by atoms with Crippen LogP contribution in [0, 0.1) is 5.92 Å². The van der Waals surface area contributed by atoms with Crippen molar-refractivity contribution in [3.8, 4) is 11.1 Å². The second-order valence-electron chi connectivity index (χ2n) is 7.55. The van der Waals surface area contributed by atoms with Gasteiger partial charge >= 0.3 is 5.97 Å². The van der Waals surface area contributed by atoms with Gasteiger partial charge in [-0.15, -0.1) is 0 Å². The monoisotopic (exact) mass is 456 g/mol. The summed E-state index contributed by atoms with van der Waals surface area (Å²) in [7, 11) is 0. The zero-order valence-electron chi connectivity index (χ0n) is 17.9. The number of nitrogens with one attached hydrogen (secondary N) is 2. The number of aromatic nitrogens is 1. The van der Waals surface area contributed by atoms with Gasteiger partial charge in [0.15, 0.2) is 0 Å². The van der Waals surface area contributed by atoms with Crippen LogP contribution in [-0.2, 0) is 16.0 Å². The van der Waals surface area contributed by atoms with Crippen LogP contribution in [0.3, 0.4) is 0 Å². The Kier molecular flexibility index (Phi) is 7.89. The predicted octanol–water partition coefficient (Wildman–Crippen LogP) is 4.22. The number of esters is 1. The number of hydrogen-bond donors (Lipinski definition) is 2. The molecule has 7 nitrogen and oxygen atoms in total. The van der Waals surface area contributed by atoms with Crippen LogP contribution in [0.25, 0.3) is 11.1 Å². The lowest BCUT2D eigenvalue weighted by Gasteiger charge is -2.21. The lowest BCUT2D eigenvalue weighted by atomic mass is 9.94. The summed E-state index contributed by atoms with van der Waals surface area (Å²) in [6.07, 6.45) is 0.856. The van der Waals surface area contributed by atoms with E-state index in [4.69, 9.17) is 20.9 Å². The molecule has 3 rings (SSSR count). The fraction of sp³-hybridized carbons (Fsp3) is 0.292. The Morgan fingerprint density at radius 3 is 2.50 bits per heavy atom. The van der Waals surface area contributed by atoms with Crippen LogP contribution in [-0.4, -0.2) is 29.7 Å². The van der Waals surface area contributed by atoms with Gasteiger partial charge in [0.05, 0.1) is 18.6 Å². The topological polar surface area (TPSA) is 101 Å². The van der Waals surface area contributed by atoms with Crippen molar-refractivity contribution in [2.75, 3.05) is 6.61 Å². The number of aromatic amines is 1. The molecule has 0 aliphatic carbocycles. The molecular weight excluding hydrogens is 432 g/mol. The summed E-state index contributed by atoms with van der Waals surface area (Å²) in [5.74, 6) is -1.37. The first-order chi connectivity index (χ1) is 15.4. The summed E-state index contributed by atoms with van der Waals surface area (Å²) in [4.78, 5) is 35.9. The maximum atomic E-state index is 12.5. The summed E-state index contributed by atoms with van der Waals surface area (Å²) in [5, 5.41) is 5.62. The molecule has 0 saturated heterocycles.